The lowest BCUT2D eigenvalue weighted by atomic mass is 10.1. The monoisotopic (exact) mass is 331 g/mol. The molecule has 1 aromatic carbocycles. The maximum absolute atomic E-state index is 11.6. The van der Waals surface area contributed by atoms with Crippen LogP contribution in [0.1, 0.15) is 18.4 Å². The lowest BCUT2D eigenvalue weighted by Crippen LogP contribution is -2.52. The van der Waals surface area contributed by atoms with Gasteiger partial charge in [0.2, 0.25) is 0 Å². The standard InChI is InChI=1S/C17H21N3O4/c1-18-10-13-5-6-14(11-18)19(13)15-7-3-12(4-8-17(21)24-2)9-16(15)20(22)23/h3-4,7-9,13-14H,5-6,10-11H2,1-2H3. The van der Waals surface area contributed by atoms with Gasteiger partial charge in [0.25, 0.3) is 5.69 Å². The van der Waals surface area contributed by atoms with Gasteiger partial charge in [0.1, 0.15) is 5.69 Å². The van der Waals surface area contributed by atoms with E-state index in [1.807, 2.05) is 0 Å². The molecule has 0 aliphatic carbocycles. The summed E-state index contributed by atoms with van der Waals surface area (Å²) in [5, 5.41) is 11.6. The van der Waals surface area contributed by atoms with Gasteiger partial charge in [0.15, 0.2) is 0 Å². The number of anilines is 1. The number of nitro groups is 1. The predicted octanol–water partition coefficient (Wildman–Crippen LogP) is 2.06. The molecule has 2 atom stereocenters. The first-order chi connectivity index (χ1) is 11.5. The van der Waals surface area contributed by atoms with Crippen LogP contribution < -0.4 is 4.90 Å². The van der Waals surface area contributed by atoms with Crippen molar-refractivity contribution in [1.29, 1.82) is 0 Å². The molecule has 7 nitrogen and oxygen atoms in total. The van der Waals surface area contributed by atoms with Crippen LogP contribution in [0.4, 0.5) is 11.4 Å². The van der Waals surface area contributed by atoms with Crippen molar-refractivity contribution in [2.45, 2.75) is 24.9 Å². The minimum Gasteiger partial charge on any atom is -0.466 e. The molecule has 0 radical (unpaired) electrons. The van der Waals surface area contributed by atoms with Crippen molar-refractivity contribution in [2.75, 3.05) is 32.1 Å². The van der Waals surface area contributed by atoms with Crippen LogP contribution in [0.3, 0.4) is 0 Å². The summed E-state index contributed by atoms with van der Waals surface area (Å²) in [4.78, 5) is 26.9. The van der Waals surface area contributed by atoms with Crippen LogP contribution in [-0.2, 0) is 9.53 Å². The Morgan fingerprint density at radius 1 is 1.33 bits per heavy atom. The summed E-state index contributed by atoms with van der Waals surface area (Å²) in [5.74, 6) is -0.487. The van der Waals surface area contributed by atoms with Gasteiger partial charge < -0.3 is 14.5 Å². The van der Waals surface area contributed by atoms with Crippen molar-refractivity contribution < 1.29 is 14.5 Å². The number of hydrogen-bond acceptors (Lipinski definition) is 6. The van der Waals surface area contributed by atoms with E-state index in [1.54, 1.807) is 12.1 Å². The summed E-state index contributed by atoms with van der Waals surface area (Å²) in [6.07, 6.45) is 4.92. The lowest BCUT2D eigenvalue weighted by molar-refractivity contribution is -0.384. The number of piperazine rings is 1. The van der Waals surface area contributed by atoms with Gasteiger partial charge in [-0.1, -0.05) is 6.07 Å². The van der Waals surface area contributed by atoms with Crippen molar-refractivity contribution in [2.24, 2.45) is 0 Å². The van der Waals surface area contributed by atoms with Crippen LogP contribution >= 0.6 is 0 Å². The molecule has 24 heavy (non-hydrogen) atoms. The normalized spacial score (nSPS) is 23.7. The number of methoxy groups -OCH3 is 1. The number of esters is 1. The van der Waals surface area contributed by atoms with E-state index in [1.165, 1.54) is 25.3 Å². The number of benzene rings is 1. The number of likely N-dealkylation sites (N-methyl/N-ethyl adjacent to an activating group) is 1. The molecule has 3 rings (SSSR count). The fraction of sp³-hybridized carbons (Fsp3) is 0.471. The molecule has 2 heterocycles. The highest BCUT2D eigenvalue weighted by molar-refractivity contribution is 5.87. The Hall–Kier alpha value is -2.41. The lowest BCUT2D eigenvalue weighted by Gasteiger charge is -2.40. The number of carbonyl (C=O) groups is 1. The smallest absolute Gasteiger partial charge is 0.330 e. The average Bonchev–Trinajstić information content (AvgIpc) is 2.83. The number of fused-ring (bicyclic) bond motifs is 2. The molecule has 2 aliphatic heterocycles. The molecule has 0 spiro atoms. The molecular weight excluding hydrogens is 310 g/mol. The van der Waals surface area contributed by atoms with Crippen LogP contribution in [0, 0.1) is 10.1 Å². The highest BCUT2D eigenvalue weighted by Gasteiger charge is 2.41. The molecule has 2 unspecified atom stereocenters. The largest absolute Gasteiger partial charge is 0.466 e. The summed E-state index contributed by atoms with van der Waals surface area (Å²) in [6, 6.07) is 5.77. The van der Waals surface area contributed by atoms with Crippen LogP contribution in [0.5, 0.6) is 0 Å². The molecule has 0 amide bonds. The molecular formula is C17H21N3O4. The third-order valence-electron chi connectivity index (χ3n) is 4.75. The zero-order chi connectivity index (χ0) is 17.3. The number of nitro benzene ring substituents is 1. The van der Waals surface area contributed by atoms with E-state index < -0.39 is 5.97 Å². The quantitative estimate of drug-likeness (QED) is 0.364. The Morgan fingerprint density at radius 2 is 2.00 bits per heavy atom. The number of likely N-dealkylation sites (tertiary alicyclic amines) is 1. The van der Waals surface area contributed by atoms with Gasteiger partial charge in [0, 0.05) is 37.3 Å². The predicted molar refractivity (Wildman–Crippen MR) is 90.9 cm³/mol. The molecule has 0 saturated carbocycles. The first kappa shape index (κ1) is 16.4. The summed E-state index contributed by atoms with van der Waals surface area (Å²) >= 11 is 0. The van der Waals surface area contributed by atoms with Crippen molar-refractivity contribution in [1.82, 2.24) is 4.90 Å². The molecule has 2 bridgehead atoms. The molecule has 0 aromatic heterocycles. The van der Waals surface area contributed by atoms with Crippen LogP contribution in [0.25, 0.3) is 6.08 Å². The van der Waals surface area contributed by atoms with E-state index in [-0.39, 0.29) is 10.6 Å². The zero-order valence-electron chi connectivity index (χ0n) is 13.8. The third kappa shape index (κ3) is 3.12. The minimum atomic E-state index is -0.487. The number of ether oxygens (including phenoxy) is 1. The fourth-order valence-corrected chi connectivity index (χ4v) is 3.75. The molecule has 7 heteroatoms. The fourth-order valence-electron chi connectivity index (χ4n) is 3.75. The van der Waals surface area contributed by atoms with E-state index >= 15 is 0 Å². The average molecular weight is 331 g/mol. The van der Waals surface area contributed by atoms with E-state index in [0.717, 1.165) is 25.9 Å². The van der Waals surface area contributed by atoms with E-state index in [2.05, 4.69) is 21.6 Å². The second-order valence-electron chi connectivity index (χ2n) is 6.38. The maximum Gasteiger partial charge on any atom is 0.330 e. The van der Waals surface area contributed by atoms with Gasteiger partial charge in [-0.3, -0.25) is 10.1 Å². The Morgan fingerprint density at radius 3 is 2.58 bits per heavy atom. The molecule has 128 valence electrons. The van der Waals surface area contributed by atoms with E-state index in [4.69, 9.17) is 0 Å². The van der Waals surface area contributed by atoms with Gasteiger partial charge in [-0.2, -0.15) is 0 Å². The maximum atomic E-state index is 11.6. The van der Waals surface area contributed by atoms with Crippen molar-refractivity contribution in [3.63, 3.8) is 0 Å². The topological polar surface area (TPSA) is 75.9 Å². The Balaban J connectivity index is 1.93. The van der Waals surface area contributed by atoms with Crippen LogP contribution in [0.2, 0.25) is 0 Å². The number of carbonyl (C=O) groups excluding carboxylic acids is 1. The Labute approximate surface area is 140 Å². The molecule has 1 aromatic rings. The molecule has 0 N–H and O–H groups in total. The minimum absolute atomic E-state index is 0.0865. The van der Waals surface area contributed by atoms with Crippen LogP contribution in [-0.4, -0.2) is 55.1 Å². The summed E-state index contributed by atoms with van der Waals surface area (Å²) < 4.78 is 4.54. The number of rotatable bonds is 4. The van der Waals surface area contributed by atoms with E-state index in [0.29, 0.717) is 23.3 Å². The molecule has 2 fully saturated rings. The second kappa shape index (κ2) is 6.60. The summed E-state index contributed by atoms with van der Waals surface area (Å²) in [7, 11) is 3.39. The van der Waals surface area contributed by atoms with Crippen molar-refractivity contribution >= 4 is 23.4 Å². The SMILES string of the molecule is COC(=O)C=Cc1ccc(N2C3CCC2CN(C)C3)c([N+](=O)[O-])c1. The number of hydrogen-bond donors (Lipinski definition) is 0. The Kier molecular flexibility index (Phi) is 4.53. The first-order valence-electron chi connectivity index (χ1n) is 8.01. The van der Waals surface area contributed by atoms with Crippen molar-refractivity contribution in [3.05, 3.63) is 40.0 Å². The first-order valence-corrected chi connectivity index (χ1v) is 8.01. The van der Waals surface area contributed by atoms with Gasteiger partial charge >= 0.3 is 5.97 Å². The van der Waals surface area contributed by atoms with Gasteiger partial charge in [-0.05, 0) is 37.6 Å². The highest BCUT2D eigenvalue weighted by atomic mass is 16.6. The molecule has 2 saturated heterocycles. The van der Waals surface area contributed by atoms with Gasteiger partial charge in [-0.15, -0.1) is 0 Å². The zero-order valence-corrected chi connectivity index (χ0v) is 13.8. The van der Waals surface area contributed by atoms with Gasteiger partial charge in [0.05, 0.1) is 12.0 Å². The van der Waals surface area contributed by atoms with Gasteiger partial charge in [-0.25, -0.2) is 4.79 Å². The summed E-state index contributed by atoms with van der Waals surface area (Å²) in [5.41, 5.74) is 1.37. The second-order valence-corrected chi connectivity index (χ2v) is 6.38. The number of nitrogens with zero attached hydrogens (tertiary/aromatic N) is 3. The van der Waals surface area contributed by atoms with Crippen LogP contribution in [0.15, 0.2) is 24.3 Å². The highest BCUT2D eigenvalue weighted by Crippen LogP contribution is 2.39. The summed E-state index contributed by atoms with van der Waals surface area (Å²) in [6.45, 7) is 1.86. The molecule has 2 aliphatic rings. The van der Waals surface area contributed by atoms with E-state index in [9.17, 15) is 14.9 Å². The Bertz CT molecular complexity index is 674. The van der Waals surface area contributed by atoms with Crippen molar-refractivity contribution in [3.8, 4) is 0 Å². The third-order valence-corrected chi connectivity index (χ3v) is 4.75.